The van der Waals surface area contributed by atoms with E-state index < -0.39 is 0 Å². The smallest absolute Gasteiger partial charge is 0.163 e. The highest BCUT2D eigenvalue weighted by atomic mass is 35.5. The highest BCUT2D eigenvalue weighted by molar-refractivity contribution is 6.31. The van der Waals surface area contributed by atoms with Gasteiger partial charge in [0.1, 0.15) is 0 Å². The number of hydrogen-bond acceptors (Lipinski definition) is 1. The van der Waals surface area contributed by atoms with Gasteiger partial charge in [-0.05, 0) is 36.6 Å². The zero-order chi connectivity index (χ0) is 8.72. The lowest BCUT2D eigenvalue weighted by atomic mass is 10.0. The minimum absolute atomic E-state index is 0.263. The van der Waals surface area contributed by atoms with E-state index in [4.69, 9.17) is 11.6 Å². The molecule has 1 aromatic rings. The van der Waals surface area contributed by atoms with Crippen LogP contribution in [0.25, 0.3) is 0 Å². The molecule has 0 bridgehead atoms. The molecule has 0 amide bonds. The Morgan fingerprint density at radius 1 is 1.33 bits per heavy atom. The maximum atomic E-state index is 11.4. The monoisotopic (exact) mass is 180 g/mol. The summed E-state index contributed by atoms with van der Waals surface area (Å²) in [6.07, 6.45) is 1.51. The van der Waals surface area contributed by atoms with Crippen molar-refractivity contribution < 1.29 is 4.79 Å². The molecule has 0 heterocycles. The van der Waals surface area contributed by atoms with Gasteiger partial charge in [-0.15, -0.1) is 0 Å². The van der Waals surface area contributed by atoms with Gasteiger partial charge in [-0.25, -0.2) is 0 Å². The van der Waals surface area contributed by atoms with Gasteiger partial charge < -0.3 is 0 Å². The van der Waals surface area contributed by atoms with Gasteiger partial charge in [-0.1, -0.05) is 11.6 Å². The van der Waals surface area contributed by atoms with Gasteiger partial charge in [-0.3, -0.25) is 4.79 Å². The van der Waals surface area contributed by atoms with Crippen molar-refractivity contribution in [1.29, 1.82) is 0 Å². The van der Waals surface area contributed by atoms with Crippen molar-refractivity contribution in [3.05, 3.63) is 33.8 Å². The van der Waals surface area contributed by atoms with Gasteiger partial charge in [0, 0.05) is 17.0 Å². The zero-order valence-corrected chi connectivity index (χ0v) is 7.61. The summed E-state index contributed by atoms with van der Waals surface area (Å²) in [5.74, 6) is 0.263. The lowest BCUT2D eigenvalue weighted by Crippen LogP contribution is -1.94. The maximum Gasteiger partial charge on any atom is 0.163 e. The first-order chi connectivity index (χ1) is 5.68. The summed E-state index contributed by atoms with van der Waals surface area (Å²) < 4.78 is 0. The molecule has 0 unspecified atom stereocenters. The second-order valence-electron chi connectivity index (χ2n) is 3.18. The summed E-state index contributed by atoms with van der Waals surface area (Å²) in [7, 11) is 0. The number of ketones is 1. The highest BCUT2D eigenvalue weighted by Gasteiger charge is 2.21. The molecule has 12 heavy (non-hydrogen) atoms. The van der Waals surface area contributed by atoms with Crippen molar-refractivity contribution in [3.8, 4) is 0 Å². The first-order valence-electron chi connectivity index (χ1n) is 4.00. The number of carbonyl (C=O) groups is 1. The SMILES string of the molecule is Cc1cc(Cl)cc2c1C(=O)CC2. The first-order valence-corrected chi connectivity index (χ1v) is 4.38. The molecule has 0 aromatic heterocycles. The average Bonchev–Trinajstić information content (AvgIpc) is 2.31. The molecule has 0 spiro atoms. The maximum absolute atomic E-state index is 11.4. The van der Waals surface area contributed by atoms with E-state index in [-0.39, 0.29) is 5.78 Å². The Morgan fingerprint density at radius 2 is 2.08 bits per heavy atom. The topological polar surface area (TPSA) is 17.1 Å². The molecule has 0 N–H and O–H groups in total. The molecule has 0 saturated carbocycles. The van der Waals surface area contributed by atoms with Crippen molar-refractivity contribution in [2.24, 2.45) is 0 Å². The summed E-state index contributed by atoms with van der Waals surface area (Å²) in [5, 5.41) is 0.737. The van der Waals surface area contributed by atoms with Crippen LogP contribution in [0.15, 0.2) is 12.1 Å². The zero-order valence-electron chi connectivity index (χ0n) is 6.86. The van der Waals surface area contributed by atoms with E-state index in [1.807, 2.05) is 19.1 Å². The van der Waals surface area contributed by atoms with Gasteiger partial charge >= 0.3 is 0 Å². The first kappa shape index (κ1) is 7.81. The molecule has 1 aliphatic rings. The van der Waals surface area contributed by atoms with Crippen LogP contribution in [0.3, 0.4) is 0 Å². The number of hydrogen-bond donors (Lipinski definition) is 0. The predicted octanol–water partition coefficient (Wildman–Crippen LogP) is 2.78. The molecule has 2 heteroatoms. The second kappa shape index (κ2) is 2.60. The van der Waals surface area contributed by atoms with E-state index in [2.05, 4.69) is 0 Å². The molecule has 0 aliphatic heterocycles. The summed E-state index contributed by atoms with van der Waals surface area (Å²) in [4.78, 5) is 11.4. The third-order valence-corrected chi connectivity index (χ3v) is 2.50. The van der Waals surface area contributed by atoms with Crippen LogP contribution in [0.2, 0.25) is 5.02 Å². The minimum Gasteiger partial charge on any atom is -0.294 e. The number of halogens is 1. The molecule has 0 fully saturated rings. The Morgan fingerprint density at radius 3 is 2.83 bits per heavy atom. The van der Waals surface area contributed by atoms with Crippen LogP contribution in [0.4, 0.5) is 0 Å². The third kappa shape index (κ3) is 1.05. The van der Waals surface area contributed by atoms with Crippen molar-refractivity contribution in [2.45, 2.75) is 19.8 Å². The van der Waals surface area contributed by atoms with Gasteiger partial charge in [0.25, 0.3) is 0 Å². The minimum atomic E-state index is 0.263. The van der Waals surface area contributed by atoms with Crippen molar-refractivity contribution >= 4 is 17.4 Å². The second-order valence-corrected chi connectivity index (χ2v) is 3.62. The number of fused-ring (bicyclic) bond motifs is 1. The van der Waals surface area contributed by atoms with Crippen LogP contribution >= 0.6 is 11.6 Å². The summed E-state index contributed by atoms with van der Waals surface area (Å²) in [6.45, 7) is 1.94. The van der Waals surface area contributed by atoms with Crippen molar-refractivity contribution in [1.82, 2.24) is 0 Å². The molecule has 1 aromatic carbocycles. The van der Waals surface area contributed by atoms with Crippen molar-refractivity contribution in [2.75, 3.05) is 0 Å². The van der Waals surface area contributed by atoms with Crippen LogP contribution in [-0.2, 0) is 6.42 Å². The Kier molecular flexibility index (Phi) is 1.69. The van der Waals surface area contributed by atoms with E-state index in [0.29, 0.717) is 6.42 Å². The van der Waals surface area contributed by atoms with Gasteiger partial charge in [0.15, 0.2) is 5.78 Å². The fraction of sp³-hybridized carbons (Fsp3) is 0.300. The lowest BCUT2D eigenvalue weighted by molar-refractivity contribution is 0.0994. The summed E-state index contributed by atoms with van der Waals surface area (Å²) >= 11 is 5.87. The number of Topliss-reactive ketones (excluding diaryl/α,β-unsaturated/α-hetero) is 1. The summed E-state index contributed by atoms with van der Waals surface area (Å²) in [6, 6.07) is 3.75. The molecule has 0 radical (unpaired) electrons. The van der Waals surface area contributed by atoms with E-state index in [9.17, 15) is 4.79 Å². The highest BCUT2D eigenvalue weighted by Crippen LogP contribution is 2.28. The van der Waals surface area contributed by atoms with Gasteiger partial charge in [0.2, 0.25) is 0 Å². The Balaban J connectivity index is 2.68. The quantitative estimate of drug-likeness (QED) is 0.600. The fourth-order valence-corrected chi connectivity index (χ4v) is 2.08. The van der Waals surface area contributed by atoms with Crippen LogP contribution in [0.5, 0.6) is 0 Å². The molecule has 1 nitrogen and oxygen atoms in total. The summed E-state index contributed by atoms with van der Waals surface area (Å²) in [5.41, 5.74) is 3.03. The van der Waals surface area contributed by atoms with E-state index in [1.165, 1.54) is 0 Å². The Hall–Kier alpha value is -0.820. The van der Waals surface area contributed by atoms with Crippen LogP contribution in [0.1, 0.15) is 27.9 Å². The largest absolute Gasteiger partial charge is 0.294 e. The Bertz CT molecular complexity index is 355. The van der Waals surface area contributed by atoms with E-state index in [0.717, 1.165) is 28.1 Å². The number of rotatable bonds is 0. The van der Waals surface area contributed by atoms with Crippen LogP contribution in [0, 0.1) is 6.92 Å². The molecular weight excluding hydrogens is 172 g/mol. The van der Waals surface area contributed by atoms with E-state index in [1.54, 1.807) is 0 Å². The third-order valence-electron chi connectivity index (χ3n) is 2.28. The van der Waals surface area contributed by atoms with Crippen molar-refractivity contribution in [3.63, 3.8) is 0 Å². The molecule has 0 atom stereocenters. The standard InChI is InChI=1S/C10H9ClO/c1-6-4-8(11)5-7-2-3-9(12)10(6)7/h4-5H,2-3H2,1H3. The number of benzene rings is 1. The molecule has 1 aliphatic carbocycles. The molecular formula is C10H9ClO. The fourth-order valence-electron chi connectivity index (χ4n) is 1.78. The molecule has 62 valence electrons. The lowest BCUT2D eigenvalue weighted by Gasteiger charge is -2.02. The number of carbonyl (C=O) groups excluding carboxylic acids is 1. The average molecular weight is 181 g/mol. The molecule has 2 rings (SSSR count). The normalized spacial score (nSPS) is 15.0. The Labute approximate surface area is 76.4 Å². The molecule has 0 saturated heterocycles. The predicted molar refractivity (Wildman–Crippen MR) is 48.8 cm³/mol. The van der Waals surface area contributed by atoms with E-state index >= 15 is 0 Å². The van der Waals surface area contributed by atoms with Gasteiger partial charge in [-0.2, -0.15) is 0 Å². The van der Waals surface area contributed by atoms with Gasteiger partial charge in [0.05, 0.1) is 0 Å². The van der Waals surface area contributed by atoms with Crippen LogP contribution in [-0.4, -0.2) is 5.78 Å². The van der Waals surface area contributed by atoms with Crippen LogP contribution < -0.4 is 0 Å². The number of aryl methyl sites for hydroxylation is 2.